The molecule has 1 aliphatic carbocycles. The summed E-state index contributed by atoms with van der Waals surface area (Å²) in [6.07, 6.45) is 13.9. The van der Waals surface area contributed by atoms with Crippen LogP contribution >= 0.6 is 0 Å². The number of anilines is 1. The minimum Gasteiger partial charge on any atom is -0.402 e. The molecule has 5 rings (SSSR count). The molecular formula is C27H32N8O. The summed E-state index contributed by atoms with van der Waals surface area (Å²) in [5, 5.41) is 0. The molecule has 36 heavy (non-hydrogen) atoms. The number of nitrogens with zero attached hydrogens (tertiary/aromatic N) is 6. The molecule has 4 N–H and O–H groups in total. The predicted molar refractivity (Wildman–Crippen MR) is 143 cm³/mol. The summed E-state index contributed by atoms with van der Waals surface area (Å²) in [7, 11) is 0. The number of aryl methyl sites for hydroxylation is 1. The maximum absolute atomic E-state index is 6.65. The van der Waals surface area contributed by atoms with E-state index in [1.807, 2.05) is 25.1 Å². The number of fused-ring (bicyclic) bond motifs is 1. The minimum absolute atomic E-state index is 0.457. The highest BCUT2D eigenvalue weighted by Gasteiger charge is 2.24. The second-order valence-electron chi connectivity index (χ2n) is 8.89. The van der Waals surface area contributed by atoms with Crippen LogP contribution in [0.4, 0.5) is 5.82 Å². The number of hydrogen-bond donors (Lipinski definition) is 2. The number of morpholine rings is 1. The van der Waals surface area contributed by atoms with E-state index in [0.717, 1.165) is 65.4 Å². The van der Waals surface area contributed by atoms with Crippen molar-refractivity contribution in [1.82, 2.24) is 24.5 Å². The Bertz CT molecular complexity index is 1370. The second kappa shape index (κ2) is 10.3. The summed E-state index contributed by atoms with van der Waals surface area (Å²) in [5.74, 6) is 2.05. The van der Waals surface area contributed by atoms with Gasteiger partial charge in [0, 0.05) is 48.9 Å². The molecular weight excluding hydrogens is 452 g/mol. The van der Waals surface area contributed by atoms with E-state index in [1.54, 1.807) is 12.4 Å². The van der Waals surface area contributed by atoms with Gasteiger partial charge in [-0.05, 0) is 50.5 Å². The van der Waals surface area contributed by atoms with Gasteiger partial charge < -0.3 is 25.7 Å². The quantitative estimate of drug-likeness (QED) is 0.510. The van der Waals surface area contributed by atoms with Crippen LogP contribution in [0.1, 0.15) is 32.5 Å². The molecule has 3 aromatic heterocycles. The summed E-state index contributed by atoms with van der Waals surface area (Å²) >= 11 is 0. The molecule has 1 aliphatic heterocycles. The van der Waals surface area contributed by atoms with Gasteiger partial charge in [0.2, 0.25) is 0 Å². The van der Waals surface area contributed by atoms with Crippen molar-refractivity contribution in [3.05, 3.63) is 71.5 Å². The largest absolute Gasteiger partial charge is 0.402 e. The molecule has 0 unspecified atom stereocenters. The van der Waals surface area contributed by atoms with Gasteiger partial charge in [-0.1, -0.05) is 18.2 Å². The number of ether oxygens (including phenoxy) is 1. The van der Waals surface area contributed by atoms with E-state index < -0.39 is 0 Å². The molecule has 4 heterocycles. The third kappa shape index (κ3) is 4.61. The summed E-state index contributed by atoms with van der Waals surface area (Å²) in [6, 6.07) is 3.91. The molecule has 0 aromatic carbocycles. The maximum atomic E-state index is 6.65. The van der Waals surface area contributed by atoms with E-state index in [4.69, 9.17) is 31.2 Å². The molecule has 0 bridgehead atoms. The van der Waals surface area contributed by atoms with Crippen molar-refractivity contribution in [2.24, 2.45) is 11.5 Å². The van der Waals surface area contributed by atoms with Crippen LogP contribution in [0.5, 0.6) is 0 Å². The van der Waals surface area contributed by atoms with Crippen LogP contribution < -0.4 is 16.4 Å². The van der Waals surface area contributed by atoms with Crippen molar-refractivity contribution in [3.63, 3.8) is 0 Å². The van der Waals surface area contributed by atoms with Gasteiger partial charge in [-0.25, -0.2) is 15.0 Å². The SMILES string of the molecule is CCn1c(-c2ccncc2)nc2c(N3CCOCC3)nc(/C(N)=C/C(C3=CCCC=C3)=C(/C)N)nc21. The van der Waals surface area contributed by atoms with Crippen molar-refractivity contribution < 1.29 is 4.74 Å². The number of allylic oxidation sites excluding steroid dienone is 7. The van der Waals surface area contributed by atoms with Crippen molar-refractivity contribution in [3.8, 4) is 11.4 Å². The van der Waals surface area contributed by atoms with E-state index in [2.05, 4.69) is 39.6 Å². The molecule has 1 fully saturated rings. The number of imidazole rings is 1. The van der Waals surface area contributed by atoms with Gasteiger partial charge in [-0.3, -0.25) is 4.98 Å². The lowest BCUT2D eigenvalue weighted by atomic mass is 9.97. The molecule has 3 aromatic rings. The predicted octanol–water partition coefficient (Wildman–Crippen LogP) is 3.55. The van der Waals surface area contributed by atoms with E-state index in [0.29, 0.717) is 37.0 Å². The zero-order valence-corrected chi connectivity index (χ0v) is 20.8. The standard InChI is InChI=1S/C27H32N8O/c1-3-35-25(20-9-11-30-12-10-20)31-23-26(34-13-15-36-16-14-34)32-24(33-27(23)35)22(29)17-21(18(2)28)19-7-5-4-6-8-19/h5,7-12,17H,3-4,6,13-16,28-29H2,1-2H3/b21-18+,22-17-. The third-order valence-corrected chi connectivity index (χ3v) is 6.43. The lowest BCUT2D eigenvalue weighted by Gasteiger charge is -2.28. The average molecular weight is 485 g/mol. The summed E-state index contributed by atoms with van der Waals surface area (Å²) in [4.78, 5) is 21.2. The number of aromatic nitrogens is 5. The molecule has 2 aliphatic rings. The highest BCUT2D eigenvalue weighted by molar-refractivity contribution is 5.88. The maximum Gasteiger partial charge on any atom is 0.179 e. The van der Waals surface area contributed by atoms with E-state index >= 15 is 0 Å². The van der Waals surface area contributed by atoms with Crippen molar-refractivity contribution in [2.45, 2.75) is 33.2 Å². The Morgan fingerprint density at radius 1 is 1.08 bits per heavy atom. The summed E-state index contributed by atoms with van der Waals surface area (Å²) < 4.78 is 7.69. The highest BCUT2D eigenvalue weighted by atomic mass is 16.5. The molecule has 0 radical (unpaired) electrons. The van der Waals surface area contributed by atoms with Crippen LogP contribution in [-0.4, -0.2) is 50.8 Å². The Morgan fingerprint density at radius 2 is 1.86 bits per heavy atom. The second-order valence-corrected chi connectivity index (χ2v) is 8.89. The zero-order chi connectivity index (χ0) is 25.1. The third-order valence-electron chi connectivity index (χ3n) is 6.43. The first-order valence-electron chi connectivity index (χ1n) is 12.4. The first-order chi connectivity index (χ1) is 17.6. The Hall–Kier alpha value is -3.98. The van der Waals surface area contributed by atoms with Crippen molar-refractivity contribution in [1.29, 1.82) is 0 Å². The van der Waals surface area contributed by atoms with Gasteiger partial charge >= 0.3 is 0 Å². The van der Waals surface area contributed by atoms with Gasteiger partial charge in [-0.15, -0.1) is 0 Å². The molecule has 9 nitrogen and oxygen atoms in total. The molecule has 0 atom stereocenters. The zero-order valence-electron chi connectivity index (χ0n) is 20.8. The van der Waals surface area contributed by atoms with E-state index in [-0.39, 0.29) is 0 Å². The number of rotatable bonds is 6. The topological polar surface area (TPSA) is 121 Å². The molecule has 0 spiro atoms. The smallest absolute Gasteiger partial charge is 0.179 e. The fourth-order valence-electron chi connectivity index (χ4n) is 4.59. The molecule has 0 saturated carbocycles. The lowest BCUT2D eigenvalue weighted by Crippen LogP contribution is -2.37. The van der Waals surface area contributed by atoms with Crippen LogP contribution in [-0.2, 0) is 11.3 Å². The van der Waals surface area contributed by atoms with Crippen LogP contribution in [0.25, 0.3) is 28.2 Å². The summed E-state index contributed by atoms with van der Waals surface area (Å²) in [5.41, 5.74) is 18.5. The van der Waals surface area contributed by atoms with Crippen molar-refractivity contribution >= 4 is 22.7 Å². The molecule has 1 saturated heterocycles. The fraction of sp³-hybridized carbons (Fsp3) is 0.333. The Labute approximate surface area is 210 Å². The first kappa shape index (κ1) is 23.7. The van der Waals surface area contributed by atoms with Crippen LogP contribution in [0.3, 0.4) is 0 Å². The monoisotopic (exact) mass is 484 g/mol. The van der Waals surface area contributed by atoms with Gasteiger partial charge in [0.15, 0.2) is 22.8 Å². The number of hydrogen-bond acceptors (Lipinski definition) is 8. The number of pyridine rings is 1. The highest BCUT2D eigenvalue weighted by Crippen LogP contribution is 2.31. The number of nitrogens with two attached hydrogens (primary N) is 2. The van der Waals surface area contributed by atoms with E-state index in [1.165, 1.54) is 0 Å². The molecule has 9 heteroatoms. The van der Waals surface area contributed by atoms with Crippen LogP contribution in [0.15, 0.2) is 65.7 Å². The Balaban J connectivity index is 1.68. The van der Waals surface area contributed by atoms with E-state index in [9.17, 15) is 0 Å². The van der Waals surface area contributed by atoms with Gasteiger partial charge in [0.1, 0.15) is 5.82 Å². The molecule has 186 valence electrons. The fourth-order valence-corrected chi connectivity index (χ4v) is 4.59. The van der Waals surface area contributed by atoms with Gasteiger partial charge in [0.05, 0.1) is 18.9 Å². The first-order valence-corrected chi connectivity index (χ1v) is 12.4. The van der Waals surface area contributed by atoms with Crippen LogP contribution in [0.2, 0.25) is 0 Å². The van der Waals surface area contributed by atoms with Gasteiger partial charge in [0.25, 0.3) is 0 Å². The molecule has 0 amide bonds. The Morgan fingerprint density at radius 3 is 2.53 bits per heavy atom. The summed E-state index contributed by atoms with van der Waals surface area (Å²) in [6.45, 7) is 7.39. The minimum atomic E-state index is 0.457. The van der Waals surface area contributed by atoms with Gasteiger partial charge in [-0.2, -0.15) is 0 Å². The Kier molecular flexibility index (Phi) is 6.81. The normalized spacial score (nSPS) is 17.3. The van der Waals surface area contributed by atoms with Crippen molar-refractivity contribution in [2.75, 3.05) is 31.2 Å². The lowest BCUT2D eigenvalue weighted by molar-refractivity contribution is 0.122. The van der Waals surface area contributed by atoms with Crippen LogP contribution in [0, 0.1) is 0 Å². The average Bonchev–Trinajstić information content (AvgIpc) is 3.31.